The minimum Gasteiger partial charge on any atom is -0.497 e. The molecule has 3 heterocycles. The van der Waals surface area contributed by atoms with Crippen molar-refractivity contribution in [3.8, 4) is 17.4 Å². The second-order valence-corrected chi connectivity index (χ2v) is 12.9. The fraction of sp³-hybridized carbons (Fsp3) is 0.212. The first-order valence-corrected chi connectivity index (χ1v) is 15.9. The lowest BCUT2D eigenvalue weighted by atomic mass is 10.0. The zero-order valence-electron chi connectivity index (χ0n) is 25.1. The van der Waals surface area contributed by atoms with Crippen molar-refractivity contribution in [1.29, 1.82) is 0 Å². The highest BCUT2D eigenvalue weighted by Gasteiger charge is 2.28. The first-order valence-electron chi connectivity index (χ1n) is 14.0. The Balaban J connectivity index is 1.58. The van der Waals surface area contributed by atoms with Crippen LogP contribution in [0, 0.1) is 12.7 Å². The van der Waals surface area contributed by atoms with Gasteiger partial charge in [-0.15, -0.1) is 0 Å². The van der Waals surface area contributed by atoms with Crippen LogP contribution in [-0.4, -0.2) is 48.6 Å². The summed E-state index contributed by atoms with van der Waals surface area (Å²) in [7, 11) is -0.704. The molecule has 0 atom stereocenters. The smallest absolute Gasteiger partial charge is 0.232 e. The van der Waals surface area contributed by atoms with Gasteiger partial charge in [0.2, 0.25) is 15.9 Å². The highest BCUT2D eigenvalue weighted by atomic mass is 32.2. The van der Waals surface area contributed by atoms with Crippen LogP contribution in [0.15, 0.2) is 77.6 Å². The fourth-order valence-corrected chi connectivity index (χ4v) is 5.86. The van der Waals surface area contributed by atoms with Gasteiger partial charge in [0, 0.05) is 36.3 Å². The minimum atomic E-state index is -3.76. The van der Waals surface area contributed by atoms with Crippen molar-refractivity contribution >= 4 is 37.4 Å². The summed E-state index contributed by atoms with van der Waals surface area (Å²) in [5.74, 6) is 1.14. The van der Waals surface area contributed by atoms with Gasteiger partial charge in [-0.3, -0.25) is 9.29 Å². The van der Waals surface area contributed by atoms with E-state index in [-0.39, 0.29) is 24.8 Å². The molecule has 232 valence electrons. The Morgan fingerprint density at radius 2 is 1.73 bits per heavy atom. The van der Waals surface area contributed by atoms with Gasteiger partial charge in [-0.1, -0.05) is 29.4 Å². The zero-order chi connectivity index (χ0) is 31.9. The summed E-state index contributed by atoms with van der Waals surface area (Å²) in [4.78, 5) is 4.76. The Morgan fingerprint density at radius 3 is 2.38 bits per heavy atom. The molecule has 1 N–H and O–H groups in total. The van der Waals surface area contributed by atoms with Gasteiger partial charge in [-0.05, 0) is 60.4 Å². The Bertz CT molecular complexity index is 2120. The Morgan fingerprint density at radius 1 is 1.02 bits per heavy atom. The number of nitrogens with zero attached hydrogens (tertiary/aromatic N) is 4. The first-order chi connectivity index (χ1) is 21.5. The predicted molar refractivity (Wildman–Crippen MR) is 169 cm³/mol. The molecule has 12 heteroatoms. The number of rotatable bonds is 10. The number of benzene rings is 3. The van der Waals surface area contributed by atoms with Gasteiger partial charge in [-0.2, -0.15) is 0 Å². The number of hydrogen-bond acceptors (Lipinski definition) is 8. The number of pyridine rings is 1. The molecule has 0 aliphatic rings. The van der Waals surface area contributed by atoms with Gasteiger partial charge in [0.15, 0.2) is 5.75 Å². The molecule has 45 heavy (non-hydrogen) atoms. The number of fused-ring (bicyclic) bond motifs is 2. The van der Waals surface area contributed by atoms with E-state index >= 15 is 0 Å². The minimum absolute atomic E-state index is 0.140. The van der Waals surface area contributed by atoms with Crippen LogP contribution < -0.4 is 13.8 Å². The molecular formula is C33H31FN4O6S. The van der Waals surface area contributed by atoms with Gasteiger partial charge in [0.25, 0.3) is 0 Å². The molecule has 0 aliphatic heterocycles. The summed E-state index contributed by atoms with van der Waals surface area (Å²) in [5, 5.41) is 16.9. The molecular weight excluding hydrogens is 599 g/mol. The quantitative estimate of drug-likeness (QED) is 0.197. The molecule has 0 saturated carbocycles. The lowest BCUT2D eigenvalue weighted by molar-refractivity contribution is 0.311. The monoisotopic (exact) mass is 630 g/mol. The van der Waals surface area contributed by atoms with Gasteiger partial charge >= 0.3 is 0 Å². The predicted octanol–water partition coefficient (Wildman–Crippen LogP) is 5.95. The van der Waals surface area contributed by atoms with Gasteiger partial charge < -0.3 is 23.7 Å². The van der Waals surface area contributed by atoms with Crippen LogP contribution >= 0.6 is 0 Å². The molecule has 6 aromatic rings. The molecule has 0 fully saturated rings. The molecule has 10 nitrogen and oxygen atoms in total. The summed E-state index contributed by atoms with van der Waals surface area (Å²) in [6.07, 6.45) is 4.90. The van der Waals surface area contributed by atoms with E-state index in [4.69, 9.17) is 19.0 Å². The maximum absolute atomic E-state index is 13.6. The Labute approximate surface area is 259 Å². The summed E-state index contributed by atoms with van der Waals surface area (Å²) in [5.41, 5.74) is 3.76. The number of aryl methyl sites for hydroxylation is 1. The van der Waals surface area contributed by atoms with Crippen molar-refractivity contribution in [1.82, 2.24) is 14.7 Å². The van der Waals surface area contributed by atoms with Crippen LogP contribution in [0.5, 0.6) is 17.4 Å². The van der Waals surface area contributed by atoms with Crippen molar-refractivity contribution in [3.05, 3.63) is 107 Å². The third kappa shape index (κ3) is 6.01. The van der Waals surface area contributed by atoms with Crippen LogP contribution in [0.3, 0.4) is 0 Å². The SMILES string of the molecule is COc1ccc(COc2c3ncc(Cc4ccc(F)cc4)cc3c(N(C)S(C)(=O)=O)c3cn(Cc4cc(C)on4)c(O)c23)cc1. The van der Waals surface area contributed by atoms with Crippen LogP contribution in [0.2, 0.25) is 0 Å². The maximum atomic E-state index is 13.6. The third-order valence-electron chi connectivity index (χ3n) is 7.63. The number of anilines is 1. The summed E-state index contributed by atoms with van der Waals surface area (Å²) < 4.78 is 59.2. The second kappa shape index (κ2) is 11.8. The molecule has 0 saturated heterocycles. The topological polar surface area (TPSA) is 120 Å². The van der Waals surface area contributed by atoms with Gasteiger partial charge in [0.1, 0.15) is 35.1 Å². The molecule has 0 bridgehead atoms. The van der Waals surface area contributed by atoms with Crippen molar-refractivity contribution < 1.29 is 31.9 Å². The lowest BCUT2D eigenvalue weighted by Gasteiger charge is -2.22. The Kier molecular flexibility index (Phi) is 7.83. The van der Waals surface area contributed by atoms with Gasteiger partial charge in [0.05, 0.1) is 31.0 Å². The number of ether oxygens (including phenoxy) is 2. The van der Waals surface area contributed by atoms with E-state index < -0.39 is 10.0 Å². The summed E-state index contributed by atoms with van der Waals surface area (Å²) >= 11 is 0. The fourth-order valence-electron chi connectivity index (χ4n) is 5.33. The standard InChI is InChI=1S/C33H31FN4O6S/c1-20-13-25(36-44-20)17-38-18-28-29(33(38)39)32(43-19-22-7-11-26(42-3)12-8-22)30-27(31(28)37(2)45(4,40)41)15-23(16-35-30)14-21-5-9-24(34)10-6-21/h5-13,15-16,18,39H,14,17,19H2,1-4H3. The average Bonchev–Trinajstić information content (AvgIpc) is 3.57. The highest BCUT2D eigenvalue weighted by Crippen LogP contribution is 2.47. The Hall–Kier alpha value is -5.10. The maximum Gasteiger partial charge on any atom is 0.232 e. The molecule has 3 aromatic carbocycles. The molecule has 6 rings (SSSR count). The van der Waals surface area contributed by atoms with E-state index in [2.05, 4.69) is 5.16 Å². The van der Waals surface area contributed by atoms with Crippen molar-refractivity contribution in [3.63, 3.8) is 0 Å². The lowest BCUT2D eigenvalue weighted by Crippen LogP contribution is -2.25. The molecule has 0 aliphatic carbocycles. The van der Waals surface area contributed by atoms with Crippen LogP contribution in [0.25, 0.3) is 21.7 Å². The summed E-state index contributed by atoms with van der Waals surface area (Å²) in [6, 6.07) is 17.2. The average molecular weight is 631 g/mol. The highest BCUT2D eigenvalue weighted by molar-refractivity contribution is 7.92. The van der Waals surface area contributed by atoms with E-state index in [0.29, 0.717) is 56.7 Å². The van der Waals surface area contributed by atoms with E-state index in [0.717, 1.165) is 22.9 Å². The molecule has 3 aromatic heterocycles. The van der Waals surface area contributed by atoms with E-state index in [9.17, 15) is 17.9 Å². The van der Waals surface area contributed by atoms with Crippen molar-refractivity contribution in [2.24, 2.45) is 0 Å². The van der Waals surface area contributed by atoms with E-state index in [1.807, 2.05) is 30.3 Å². The van der Waals surface area contributed by atoms with E-state index in [1.165, 1.54) is 23.5 Å². The van der Waals surface area contributed by atoms with Crippen molar-refractivity contribution in [2.45, 2.75) is 26.5 Å². The van der Waals surface area contributed by atoms with Gasteiger partial charge in [-0.25, -0.2) is 12.8 Å². The number of aromatic hydroxyl groups is 1. The third-order valence-corrected chi connectivity index (χ3v) is 8.81. The summed E-state index contributed by atoms with van der Waals surface area (Å²) in [6.45, 7) is 2.08. The van der Waals surface area contributed by atoms with Crippen LogP contribution in [0.4, 0.5) is 10.1 Å². The number of hydrogen-bond donors (Lipinski definition) is 1. The number of halogens is 1. The zero-order valence-corrected chi connectivity index (χ0v) is 25.9. The van der Waals surface area contributed by atoms with Crippen LogP contribution in [0.1, 0.15) is 28.1 Å². The molecule has 0 unspecified atom stereocenters. The number of methoxy groups -OCH3 is 1. The number of aromatic nitrogens is 3. The largest absolute Gasteiger partial charge is 0.497 e. The number of sulfonamides is 1. The normalized spacial score (nSPS) is 11.8. The van der Waals surface area contributed by atoms with Crippen LogP contribution in [-0.2, 0) is 29.6 Å². The van der Waals surface area contributed by atoms with E-state index in [1.54, 1.807) is 49.2 Å². The van der Waals surface area contributed by atoms with Crippen molar-refractivity contribution in [2.75, 3.05) is 24.7 Å². The first kappa shape index (κ1) is 29.9. The molecule has 0 amide bonds. The second-order valence-electron chi connectivity index (χ2n) is 10.9. The molecule has 0 radical (unpaired) electrons. The molecule has 0 spiro atoms.